The summed E-state index contributed by atoms with van der Waals surface area (Å²) in [6.07, 6.45) is 1.62. The average molecular weight is 375 g/mol. The van der Waals surface area contributed by atoms with Crippen LogP contribution in [0.1, 0.15) is 6.92 Å². The lowest BCUT2D eigenvalue weighted by Gasteiger charge is -2.34. The first-order valence-electron chi connectivity index (χ1n) is 8.29. The van der Waals surface area contributed by atoms with Crippen LogP contribution in [0.3, 0.4) is 0 Å². The van der Waals surface area contributed by atoms with Crippen LogP contribution in [0.15, 0.2) is 35.7 Å². The van der Waals surface area contributed by atoms with Crippen molar-refractivity contribution in [3.05, 3.63) is 30.6 Å². The van der Waals surface area contributed by atoms with Crippen molar-refractivity contribution in [3.8, 4) is 11.4 Å². The summed E-state index contributed by atoms with van der Waals surface area (Å²) in [5.41, 5.74) is 0.874. The zero-order valence-corrected chi connectivity index (χ0v) is 15.6. The molecule has 0 aliphatic carbocycles. The third kappa shape index (κ3) is 4.16. The minimum Gasteiger partial charge on any atom is -0.497 e. The SMILES string of the molecule is COc1cccc(-n2cnnc2SCC(=O)N2CCN(C(C)=O)CC2)c1. The molecule has 0 spiro atoms. The van der Waals surface area contributed by atoms with E-state index in [-0.39, 0.29) is 17.6 Å². The lowest BCUT2D eigenvalue weighted by molar-refractivity contribution is -0.136. The van der Waals surface area contributed by atoms with Crippen LogP contribution in [-0.4, -0.2) is 75.4 Å². The molecular formula is C17H21N5O3S. The zero-order chi connectivity index (χ0) is 18.5. The second-order valence-corrected chi connectivity index (χ2v) is 6.80. The van der Waals surface area contributed by atoms with Crippen LogP contribution in [0.4, 0.5) is 0 Å². The van der Waals surface area contributed by atoms with Gasteiger partial charge >= 0.3 is 0 Å². The van der Waals surface area contributed by atoms with E-state index >= 15 is 0 Å². The fraction of sp³-hybridized carbons (Fsp3) is 0.412. The van der Waals surface area contributed by atoms with Crippen molar-refractivity contribution < 1.29 is 14.3 Å². The molecule has 0 atom stereocenters. The summed E-state index contributed by atoms with van der Waals surface area (Å²) in [6.45, 7) is 3.87. The van der Waals surface area contributed by atoms with Crippen LogP contribution in [0.2, 0.25) is 0 Å². The molecule has 0 N–H and O–H groups in total. The number of nitrogens with zero attached hydrogens (tertiary/aromatic N) is 5. The molecule has 2 aromatic rings. The number of piperazine rings is 1. The summed E-state index contributed by atoms with van der Waals surface area (Å²) < 4.78 is 7.07. The largest absolute Gasteiger partial charge is 0.497 e. The predicted octanol–water partition coefficient (Wildman–Crippen LogP) is 1.06. The summed E-state index contributed by atoms with van der Waals surface area (Å²) in [4.78, 5) is 27.4. The Bertz CT molecular complexity index is 786. The molecule has 1 aromatic heterocycles. The maximum absolute atomic E-state index is 12.4. The van der Waals surface area contributed by atoms with Gasteiger partial charge in [0.05, 0.1) is 18.6 Å². The van der Waals surface area contributed by atoms with Crippen molar-refractivity contribution in [2.75, 3.05) is 39.0 Å². The maximum Gasteiger partial charge on any atom is 0.233 e. The number of thioether (sulfide) groups is 1. The van der Waals surface area contributed by atoms with E-state index in [1.807, 2.05) is 28.8 Å². The van der Waals surface area contributed by atoms with E-state index in [1.165, 1.54) is 11.8 Å². The summed E-state index contributed by atoms with van der Waals surface area (Å²) in [5, 5.41) is 8.72. The van der Waals surface area contributed by atoms with Crippen LogP contribution in [0, 0.1) is 0 Å². The molecule has 3 rings (SSSR count). The molecule has 2 heterocycles. The van der Waals surface area contributed by atoms with Gasteiger partial charge in [-0.15, -0.1) is 10.2 Å². The molecule has 1 fully saturated rings. The topological polar surface area (TPSA) is 80.6 Å². The van der Waals surface area contributed by atoms with Crippen molar-refractivity contribution in [3.63, 3.8) is 0 Å². The Morgan fingerprint density at radius 2 is 1.92 bits per heavy atom. The Labute approximate surface area is 156 Å². The summed E-state index contributed by atoms with van der Waals surface area (Å²) in [6, 6.07) is 7.57. The fourth-order valence-electron chi connectivity index (χ4n) is 2.75. The molecule has 1 aliphatic rings. The molecule has 2 amide bonds. The first-order chi connectivity index (χ1) is 12.6. The first-order valence-corrected chi connectivity index (χ1v) is 9.27. The standard InChI is InChI=1S/C17H21N5O3S/c1-13(23)20-6-8-21(9-7-20)16(24)11-26-17-19-18-12-22(17)14-4-3-5-15(10-14)25-2/h3-5,10,12H,6-9,11H2,1-2H3. The van der Waals surface area contributed by atoms with Gasteiger partial charge in [0.2, 0.25) is 11.8 Å². The van der Waals surface area contributed by atoms with Crippen molar-refractivity contribution in [2.24, 2.45) is 0 Å². The Kier molecular flexibility index (Phi) is 5.77. The van der Waals surface area contributed by atoms with E-state index < -0.39 is 0 Å². The van der Waals surface area contributed by atoms with Gasteiger partial charge in [-0.2, -0.15) is 0 Å². The molecular weight excluding hydrogens is 354 g/mol. The van der Waals surface area contributed by atoms with Crippen molar-refractivity contribution >= 4 is 23.6 Å². The normalized spacial score (nSPS) is 14.4. The number of hydrogen-bond donors (Lipinski definition) is 0. The third-order valence-electron chi connectivity index (χ3n) is 4.25. The van der Waals surface area contributed by atoms with Gasteiger partial charge in [-0.25, -0.2) is 0 Å². The fourth-order valence-corrected chi connectivity index (χ4v) is 3.58. The van der Waals surface area contributed by atoms with Crippen LogP contribution in [0.25, 0.3) is 5.69 Å². The Morgan fingerprint density at radius 3 is 2.62 bits per heavy atom. The second kappa shape index (κ2) is 8.22. The zero-order valence-electron chi connectivity index (χ0n) is 14.8. The Morgan fingerprint density at radius 1 is 1.19 bits per heavy atom. The van der Waals surface area contributed by atoms with Gasteiger partial charge in [0, 0.05) is 39.2 Å². The summed E-state index contributed by atoms with van der Waals surface area (Å²) >= 11 is 1.35. The van der Waals surface area contributed by atoms with Gasteiger partial charge in [0.25, 0.3) is 0 Å². The minimum absolute atomic E-state index is 0.0402. The number of benzene rings is 1. The first kappa shape index (κ1) is 18.2. The third-order valence-corrected chi connectivity index (χ3v) is 5.18. The quantitative estimate of drug-likeness (QED) is 0.727. The van der Waals surface area contributed by atoms with Gasteiger partial charge in [-0.05, 0) is 12.1 Å². The minimum atomic E-state index is 0.0402. The van der Waals surface area contributed by atoms with Crippen LogP contribution < -0.4 is 4.74 Å². The lowest BCUT2D eigenvalue weighted by atomic mass is 10.3. The highest BCUT2D eigenvalue weighted by Gasteiger charge is 2.22. The number of methoxy groups -OCH3 is 1. The summed E-state index contributed by atoms with van der Waals surface area (Å²) in [5.74, 6) is 1.12. The maximum atomic E-state index is 12.4. The molecule has 1 aliphatic heterocycles. The molecule has 9 heteroatoms. The van der Waals surface area contributed by atoms with E-state index in [4.69, 9.17) is 4.74 Å². The Balaban J connectivity index is 1.60. The molecule has 1 saturated heterocycles. The Hall–Kier alpha value is -2.55. The molecule has 138 valence electrons. The monoisotopic (exact) mass is 375 g/mol. The number of hydrogen-bond acceptors (Lipinski definition) is 6. The van der Waals surface area contributed by atoms with E-state index in [9.17, 15) is 9.59 Å². The number of amides is 2. The molecule has 26 heavy (non-hydrogen) atoms. The van der Waals surface area contributed by atoms with E-state index in [2.05, 4.69) is 10.2 Å². The molecule has 0 radical (unpaired) electrons. The number of carbonyl (C=O) groups excluding carboxylic acids is 2. The van der Waals surface area contributed by atoms with Gasteiger partial charge < -0.3 is 14.5 Å². The van der Waals surface area contributed by atoms with Gasteiger partial charge in [0.1, 0.15) is 12.1 Å². The van der Waals surface area contributed by atoms with Crippen molar-refractivity contribution in [1.29, 1.82) is 0 Å². The molecule has 8 nitrogen and oxygen atoms in total. The van der Waals surface area contributed by atoms with Crippen LogP contribution in [0.5, 0.6) is 5.75 Å². The molecule has 0 bridgehead atoms. The van der Waals surface area contributed by atoms with Gasteiger partial charge in [-0.3, -0.25) is 14.2 Å². The van der Waals surface area contributed by atoms with E-state index in [0.29, 0.717) is 31.3 Å². The van der Waals surface area contributed by atoms with Crippen LogP contribution in [-0.2, 0) is 9.59 Å². The number of carbonyl (C=O) groups is 2. The van der Waals surface area contributed by atoms with Gasteiger partial charge in [-0.1, -0.05) is 17.8 Å². The second-order valence-electron chi connectivity index (χ2n) is 5.86. The van der Waals surface area contributed by atoms with Crippen molar-refractivity contribution in [2.45, 2.75) is 12.1 Å². The summed E-state index contributed by atoms with van der Waals surface area (Å²) in [7, 11) is 1.62. The highest BCUT2D eigenvalue weighted by Crippen LogP contribution is 2.22. The van der Waals surface area contributed by atoms with Gasteiger partial charge in [0.15, 0.2) is 5.16 Å². The lowest BCUT2D eigenvalue weighted by Crippen LogP contribution is -2.50. The molecule has 0 saturated carbocycles. The highest BCUT2D eigenvalue weighted by atomic mass is 32.2. The number of aromatic nitrogens is 3. The van der Waals surface area contributed by atoms with E-state index in [0.717, 1.165) is 11.4 Å². The number of ether oxygens (including phenoxy) is 1. The average Bonchev–Trinajstić information content (AvgIpc) is 3.15. The molecule has 1 aromatic carbocycles. The smallest absolute Gasteiger partial charge is 0.233 e. The van der Waals surface area contributed by atoms with Crippen LogP contribution >= 0.6 is 11.8 Å². The number of rotatable bonds is 5. The van der Waals surface area contributed by atoms with E-state index in [1.54, 1.807) is 30.2 Å². The van der Waals surface area contributed by atoms with Crippen molar-refractivity contribution in [1.82, 2.24) is 24.6 Å². The highest BCUT2D eigenvalue weighted by molar-refractivity contribution is 7.99. The molecule has 0 unspecified atom stereocenters. The predicted molar refractivity (Wildman–Crippen MR) is 97.5 cm³/mol.